The minimum Gasteiger partial charge on any atom is -0.507 e. The summed E-state index contributed by atoms with van der Waals surface area (Å²) >= 11 is 3.36. The topological polar surface area (TPSA) is 40.5 Å². The van der Waals surface area contributed by atoms with E-state index in [1.54, 1.807) is 18.2 Å². The molecule has 0 bridgehead atoms. The van der Waals surface area contributed by atoms with E-state index >= 15 is 0 Å². The summed E-state index contributed by atoms with van der Waals surface area (Å²) < 4.78 is 0.825. The van der Waals surface area contributed by atoms with Crippen LogP contribution in [0.15, 0.2) is 22.7 Å². The van der Waals surface area contributed by atoms with Crippen molar-refractivity contribution in [3.05, 3.63) is 28.2 Å². The van der Waals surface area contributed by atoms with Gasteiger partial charge in [-0.05, 0) is 42.9 Å². The van der Waals surface area contributed by atoms with Crippen LogP contribution >= 0.6 is 15.9 Å². The fourth-order valence-corrected chi connectivity index (χ4v) is 4.00. The van der Waals surface area contributed by atoms with Crippen molar-refractivity contribution >= 4 is 21.8 Å². The van der Waals surface area contributed by atoms with Gasteiger partial charge in [0.25, 0.3) is 5.91 Å². The minimum absolute atomic E-state index is 0.0344. The van der Waals surface area contributed by atoms with Crippen molar-refractivity contribution in [3.8, 4) is 5.75 Å². The van der Waals surface area contributed by atoms with Gasteiger partial charge >= 0.3 is 0 Å². The van der Waals surface area contributed by atoms with Gasteiger partial charge in [-0.15, -0.1) is 0 Å². The summed E-state index contributed by atoms with van der Waals surface area (Å²) in [6, 6.07) is 5.04. The standard InChI is InChI=1S/C16H20BrNO2/c17-13-5-6-15(19)14(9-13)16(20)18-8-7-11-3-1-2-4-12(11)10-18/h5-6,9,11-12,19H,1-4,7-8,10H2. The zero-order chi connectivity index (χ0) is 14.1. The van der Waals surface area contributed by atoms with Gasteiger partial charge < -0.3 is 10.0 Å². The summed E-state index contributed by atoms with van der Waals surface area (Å²) in [5.41, 5.74) is 0.411. The monoisotopic (exact) mass is 337 g/mol. The number of halogens is 1. The molecule has 3 rings (SSSR count). The molecule has 1 aromatic rings. The van der Waals surface area contributed by atoms with Gasteiger partial charge in [0, 0.05) is 17.6 Å². The van der Waals surface area contributed by atoms with Crippen LogP contribution in [0.25, 0.3) is 0 Å². The fraction of sp³-hybridized carbons (Fsp3) is 0.562. The third-order valence-electron chi connectivity index (χ3n) is 4.77. The summed E-state index contributed by atoms with van der Waals surface area (Å²) in [7, 11) is 0. The molecular formula is C16H20BrNO2. The number of likely N-dealkylation sites (tertiary alicyclic amines) is 1. The first-order valence-electron chi connectivity index (χ1n) is 7.43. The first-order chi connectivity index (χ1) is 9.65. The number of aromatic hydroxyl groups is 1. The van der Waals surface area contributed by atoms with Crippen molar-refractivity contribution in [2.45, 2.75) is 32.1 Å². The van der Waals surface area contributed by atoms with Crippen molar-refractivity contribution < 1.29 is 9.90 Å². The highest BCUT2D eigenvalue weighted by molar-refractivity contribution is 9.10. The molecule has 1 aliphatic heterocycles. The zero-order valence-electron chi connectivity index (χ0n) is 11.5. The first-order valence-corrected chi connectivity index (χ1v) is 8.22. The molecule has 2 fully saturated rings. The molecule has 20 heavy (non-hydrogen) atoms. The van der Waals surface area contributed by atoms with Crippen LogP contribution in [0.5, 0.6) is 5.75 Å². The van der Waals surface area contributed by atoms with Gasteiger partial charge in [-0.2, -0.15) is 0 Å². The molecule has 1 amide bonds. The van der Waals surface area contributed by atoms with E-state index in [0.717, 1.165) is 29.9 Å². The van der Waals surface area contributed by atoms with Crippen LogP contribution in [0.2, 0.25) is 0 Å². The van der Waals surface area contributed by atoms with Gasteiger partial charge in [-0.1, -0.05) is 35.2 Å². The van der Waals surface area contributed by atoms with Gasteiger partial charge in [0.15, 0.2) is 0 Å². The molecule has 1 heterocycles. The second-order valence-corrected chi connectivity index (χ2v) is 6.92. The third kappa shape index (κ3) is 2.71. The van der Waals surface area contributed by atoms with Crippen LogP contribution in [0.3, 0.4) is 0 Å². The van der Waals surface area contributed by atoms with Crippen LogP contribution in [-0.2, 0) is 0 Å². The number of rotatable bonds is 1. The van der Waals surface area contributed by atoms with E-state index in [4.69, 9.17) is 0 Å². The normalized spacial score (nSPS) is 26.1. The van der Waals surface area contributed by atoms with E-state index in [9.17, 15) is 9.90 Å². The lowest BCUT2D eigenvalue weighted by molar-refractivity contribution is 0.0518. The predicted octanol–water partition coefficient (Wildman–Crippen LogP) is 3.81. The van der Waals surface area contributed by atoms with Gasteiger partial charge in [-0.3, -0.25) is 4.79 Å². The van der Waals surface area contributed by atoms with Crippen molar-refractivity contribution in [2.75, 3.05) is 13.1 Å². The van der Waals surface area contributed by atoms with Crippen molar-refractivity contribution in [1.82, 2.24) is 4.90 Å². The number of amides is 1. The van der Waals surface area contributed by atoms with E-state index in [1.165, 1.54) is 25.7 Å². The SMILES string of the molecule is O=C(c1cc(Br)ccc1O)N1CCC2CCCCC2C1. The van der Waals surface area contributed by atoms with Crippen molar-refractivity contribution in [1.29, 1.82) is 0 Å². The Morgan fingerprint density at radius 3 is 2.75 bits per heavy atom. The highest BCUT2D eigenvalue weighted by Gasteiger charge is 2.33. The van der Waals surface area contributed by atoms with Gasteiger partial charge in [0.2, 0.25) is 0 Å². The summed E-state index contributed by atoms with van der Waals surface area (Å²) in [6.45, 7) is 1.68. The Bertz CT molecular complexity index is 517. The molecule has 0 radical (unpaired) electrons. The number of benzene rings is 1. The molecule has 2 aliphatic rings. The van der Waals surface area contributed by atoms with Crippen LogP contribution < -0.4 is 0 Å². The highest BCUT2D eigenvalue weighted by atomic mass is 79.9. The summed E-state index contributed by atoms with van der Waals surface area (Å²) in [6.07, 6.45) is 6.34. The van der Waals surface area contributed by atoms with Gasteiger partial charge in [0.1, 0.15) is 5.75 Å². The molecule has 1 aromatic carbocycles. The van der Waals surface area contributed by atoms with Crippen LogP contribution in [-0.4, -0.2) is 29.0 Å². The number of piperidine rings is 1. The molecule has 3 nitrogen and oxygen atoms in total. The average Bonchev–Trinajstić information content (AvgIpc) is 2.48. The number of fused-ring (bicyclic) bond motifs is 1. The fourth-order valence-electron chi connectivity index (χ4n) is 3.64. The second kappa shape index (κ2) is 5.76. The molecular weight excluding hydrogens is 318 g/mol. The molecule has 1 saturated heterocycles. The molecule has 1 aliphatic carbocycles. The maximum Gasteiger partial charge on any atom is 0.257 e. The molecule has 2 atom stereocenters. The van der Waals surface area contributed by atoms with Crippen LogP contribution in [0.1, 0.15) is 42.5 Å². The molecule has 1 saturated carbocycles. The Hall–Kier alpha value is -1.03. The predicted molar refractivity (Wildman–Crippen MR) is 81.8 cm³/mol. The lowest BCUT2D eigenvalue weighted by Gasteiger charge is -2.41. The molecule has 0 spiro atoms. The maximum absolute atomic E-state index is 12.6. The molecule has 2 unspecified atom stereocenters. The van der Waals surface area contributed by atoms with Crippen molar-refractivity contribution in [2.24, 2.45) is 11.8 Å². The Morgan fingerprint density at radius 1 is 1.20 bits per heavy atom. The van der Waals surface area contributed by atoms with Crippen LogP contribution in [0, 0.1) is 11.8 Å². The van der Waals surface area contributed by atoms with E-state index in [1.807, 2.05) is 4.90 Å². The minimum atomic E-state index is -0.0344. The lowest BCUT2D eigenvalue weighted by Crippen LogP contribution is -2.44. The molecule has 108 valence electrons. The smallest absolute Gasteiger partial charge is 0.257 e. The Kier molecular flexibility index (Phi) is 4.01. The Morgan fingerprint density at radius 2 is 1.95 bits per heavy atom. The highest BCUT2D eigenvalue weighted by Crippen LogP contribution is 2.37. The number of hydrogen-bond donors (Lipinski definition) is 1. The van der Waals surface area contributed by atoms with Crippen LogP contribution in [0.4, 0.5) is 0 Å². The number of phenolic OH excluding ortho intramolecular Hbond substituents is 1. The Balaban J connectivity index is 1.76. The molecule has 1 N–H and O–H groups in total. The summed E-state index contributed by atoms with van der Waals surface area (Å²) in [5, 5.41) is 9.90. The zero-order valence-corrected chi connectivity index (χ0v) is 13.1. The van der Waals surface area contributed by atoms with Gasteiger partial charge in [0.05, 0.1) is 5.56 Å². The number of carbonyl (C=O) groups is 1. The quantitative estimate of drug-likeness (QED) is 0.846. The average molecular weight is 338 g/mol. The first kappa shape index (κ1) is 13.9. The lowest BCUT2D eigenvalue weighted by atomic mass is 9.75. The van der Waals surface area contributed by atoms with E-state index < -0.39 is 0 Å². The number of nitrogens with zero attached hydrogens (tertiary/aromatic N) is 1. The summed E-state index contributed by atoms with van der Waals surface area (Å²) in [4.78, 5) is 14.5. The third-order valence-corrected chi connectivity index (χ3v) is 5.26. The summed E-state index contributed by atoms with van der Waals surface area (Å²) in [5.74, 6) is 1.51. The van der Waals surface area contributed by atoms with Crippen molar-refractivity contribution in [3.63, 3.8) is 0 Å². The molecule has 4 heteroatoms. The van der Waals surface area contributed by atoms with E-state index in [-0.39, 0.29) is 11.7 Å². The second-order valence-electron chi connectivity index (χ2n) is 6.01. The largest absolute Gasteiger partial charge is 0.507 e. The molecule has 0 aromatic heterocycles. The number of carbonyl (C=O) groups excluding carboxylic acids is 1. The maximum atomic E-state index is 12.6. The van der Waals surface area contributed by atoms with E-state index in [0.29, 0.717) is 11.5 Å². The number of hydrogen-bond acceptors (Lipinski definition) is 2. The Labute approximate surface area is 128 Å². The number of phenols is 1. The van der Waals surface area contributed by atoms with E-state index in [2.05, 4.69) is 15.9 Å². The van der Waals surface area contributed by atoms with Gasteiger partial charge in [-0.25, -0.2) is 0 Å².